The van der Waals surface area contributed by atoms with Crippen LogP contribution in [-0.2, 0) is 16.8 Å². The molecule has 2 fully saturated rings. The first-order valence-electron chi connectivity index (χ1n) is 12.6. The van der Waals surface area contributed by atoms with E-state index in [1.807, 2.05) is 32.0 Å². The molecule has 0 aromatic heterocycles. The van der Waals surface area contributed by atoms with Crippen LogP contribution in [0.1, 0.15) is 84.8 Å². The first kappa shape index (κ1) is 26.9. The maximum absolute atomic E-state index is 14.0. The number of nitrogens with zero attached hydrogens (tertiary/aromatic N) is 1. The summed E-state index contributed by atoms with van der Waals surface area (Å²) in [5.74, 6) is -4.02. The number of aliphatic carboxylic acids is 1. The molecule has 1 atom stereocenters. The fraction of sp³-hybridized carbons (Fsp3) is 0.643. The highest BCUT2D eigenvalue weighted by molar-refractivity contribution is 6.31. The molecule has 5 nitrogen and oxygen atoms in total. The number of rotatable bonds is 6. The smallest absolute Gasteiger partial charge is 0.322 e. The Balaban J connectivity index is 1.68. The maximum Gasteiger partial charge on any atom is 0.322 e. The van der Waals surface area contributed by atoms with Crippen molar-refractivity contribution < 1.29 is 23.5 Å². The second kappa shape index (κ2) is 8.44. The number of benzene rings is 1. The molecule has 2 aliphatic carbocycles. The summed E-state index contributed by atoms with van der Waals surface area (Å²) in [4.78, 5) is 26.6. The number of carboxylic acids is 1. The van der Waals surface area contributed by atoms with Crippen LogP contribution in [0.15, 0.2) is 30.0 Å². The van der Waals surface area contributed by atoms with E-state index in [1.54, 1.807) is 13.1 Å². The van der Waals surface area contributed by atoms with E-state index < -0.39 is 34.3 Å². The number of amides is 2. The largest absolute Gasteiger partial charge is 0.481 e. The van der Waals surface area contributed by atoms with E-state index >= 15 is 0 Å². The number of urea groups is 1. The molecule has 2 saturated carbocycles. The second-order valence-electron chi connectivity index (χ2n) is 13.1. The Morgan fingerprint density at radius 1 is 1.19 bits per heavy atom. The molecule has 198 valence electrons. The van der Waals surface area contributed by atoms with Gasteiger partial charge in [-0.25, -0.2) is 13.6 Å². The fourth-order valence-corrected chi connectivity index (χ4v) is 6.50. The number of hydrogen-bond acceptors (Lipinski definition) is 2. The molecule has 1 aromatic carbocycles. The van der Waals surface area contributed by atoms with Crippen molar-refractivity contribution in [2.75, 3.05) is 0 Å². The quantitative estimate of drug-likeness (QED) is 0.417. The molecule has 1 aromatic rings. The van der Waals surface area contributed by atoms with Crippen molar-refractivity contribution in [2.24, 2.45) is 16.7 Å². The van der Waals surface area contributed by atoms with Gasteiger partial charge in [-0.1, -0.05) is 44.5 Å². The average Bonchev–Trinajstić information content (AvgIpc) is 2.69. The number of hydrogen-bond donors (Lipinski definition) is 2. The summed E-state index contributed by atoms with van der Waals surface area (Å²) in [7, 11) is 0. The first-order chi connectivity index (χ1) is 16.4. The molecule has 1 heterocycles. The minimum Gasteiger partial charge on any atom is -0.481 e. The molecule has 1 aliphatic heterocycles. The van der Waals surface area contributed by atoms with Crippen molar-refractivity contribution >= 4 is 23.6 Å². The Kier molecular flexibility index (Phi) is 6.30. The predicted molar refractivity (Wildman–Crippen MR) is 136 cm³/mol. The lowest BCUT2D eigenvalue weighted by molar-refractivity contribution is -0.162. The highest BCUT2D eigenvalue weighted by atomic mass is 35.5. The summed E-state index contributed by atoms with van der Waals surface area (Å²) in [5.41, 5.74) is 0.00510. The zero-order chi connectivity index (χ0) is 26.9. The van der Waals surface area contributed by atoms with E-state index in [-0.39, 0.29) is 24.3 Å². The number of carbonyl (C=O) groups excluding carboxylic acids is 1. The van der Waals surface area contributed by atoms with Crippen LogP contribution in [-0.4, -0.2) is 33.5 Å². The molecule has 2 amide bonds. The van der Waals surface area contributed by atoms with Gasteiger partial charge >= 0.3 is 12.0 Å². The SMILES string of the molecule is CC(C)(C)CCc1ccc([C@]2(C)NC(=O)N(C3(C)CC(C)(C(=O)O)C3)C=C2C2CC(F)(F)C2)cc1Cl. The van der Waals surface area contributed by atoms with Gasteiger partial charge in [0.15, 0.2) is 0 Å². The first-order valence-corrected chi connectivity index (χ1v) is 13.0. The third kappa shape index (κ3) is 4.75. The topological polar surface area (TPSA) is 69.6 Å². The molecule has 0 bridgehead atoms. The summed E-state index contributed by atoms with van der Waals surface area (Å²) in [5, 5.41) is 13.2. The molecule has 0 spiro atoms. The van der Waals surface area contributed by atoms with Crippen molar-refractivity contribution in [3.8, 4) is 0 Å². The molecule has 0 saturated heterocycles. The summed E-state index contributed by atoms with van der Waals surface area (Å²) in [6.45, 7) is 11.9. The van der Waals surface area contributed by atoms with E-state index in [4.69, 9.17) is 11.6 Å². The predicted octanol–water partition coefficient (Wildman–Crippen LogP) is 7.13. The standard InChI is InChI=1S/C28H37ClF2N2O3/c1-24(2,3)10-9-17-7-8-19(11-21(17)29)27(6)20(18-12-28(30,31)13-18)14-33(23(36)32-27)26(5)15-25(4,16-26)22(34)35/h7-8,11,14,18H,9-10,12-13,15-16H2,1-6H3,(H,32,36)(H,34,35)/t25?,26?,27-/m0/s1. The number of carboxylic acid groups (broad SMARTS) is 1. The lowest BCUT2D eigenvalue weighted by Crippen LogP contribution is -2.67. The van der Waals surface area contributed by atoms with Crippen LogP contribution in [0.2, 0.25) is 5.02 Å². The number of aryl methyl sites for hydroxylation is 1. The summed E-state index contributed by atoms with van der Waals surface area (Å²) < 4.78 is 27.9. The van der Waals surface area contributed by atoms with E-state index in [1.165, 1.54) is 4.90 Å². The number of halogens is 3. The monoisotopic (exact) mass is 522 g/mol. The minimum atomic E-state index is -2.73. The highest BCUT2D eigenvalue weighted by Gasteiger charge is 2.60. The molecule has 0 radical (unpaired) electrons. The van der Waals surface area contributed by atoms with Gasteiger partial charge in [0, 0.05) is 29.6 Å². The summed E-state index contributed by atoms with van der Waals surface area (Å²) in [6.07, 6.45) is 3.51. The van der Waals surface area contributed by atoms with Crippen molar-refractivity contribution in [3.63, 3.8) is 0 Å². The Morgan fingerprint density at radius 3 is 2.31 bits per heavy atom. The maximum atomic E-state index is 14.0. The van der Waals surface area contributed by atoms with Crippen LogP contribution in [0.25, 0.3) is 0 Å². The summed E-state index contributed by atoms with van der Waals surface area (Å²) in [6, 6.07) is 5.37. The molecule has 0 unspecified atom stereocenters. The van der Waals surface area contributed by atoms with Crippen LogP contribution in [0, 0.1) is 16.7 Å². The normalized spacial score (nSPS) is 32.3. The van der Waals surface area contributed by atoms with Crippen LogP contribution in [0.5, 0.6) is 0 Å². The molecule has 3 aliphatic rings. The van der Waals surface area contributed by atoms with E-state index in [0.29, 0.717) is 23.4 Å². The van der Waals surface area contributed by atoms with Gasteiger partial charge in [-0.3, -0.25) is 9.69 Å². The van der Waals surface area contributed by atoms with Crippen LogP contribution >= 0.6 is 11.6 Å². The van der Waals surface area contributed by atoms with Gasteiger partial charge in [0.25, 0.3) is 0 Å². The van der Waals surface area contributed by atoms with Gasteiger partial charge in [0.05, 0.1) is 11.0 Å². The van der Waals surface area contributed by atoms with Crippen LogP contribution < -0.4 is 5.32 Å². The zero-order valence-corrected chi connectivity index (χ0v) is 22.7. The van der Waals surface area contributed by atoms with Gasteiger partial charge in [-0.15, -0.1) is 0 Å². The van der Waals surface area contributed by atoms with E-state index in [0.717, 1.165) is 24.0 Å². The van der Waals surface area contributed by atoms with E-state index in [9.17, 15) is 23.5 Å². The highest BCUT2D eigenvalue weighted by Crippen LogP contribution is 2.56. The fourth-order valence-electron chi connectivity index (χ4n) is 6.23. The van der Waals surface area contributed by atoms with Gasteiger partial charge in [-0.05, 0) is 80.6 Å². The Hall–Kier alpha value is -2.15. The van der Waals surface area contributed by atoms with Crippen LogP contribution in [0.4, 0.5) is 13.6 Å². The Labute approximate surface area is 217 Å². The molecule has 8 heteroatoms. The molecule has 36 heavy (non-hydrogen) atoms. The summed E-state index contributed by atoms with van der Waals surface area (Å²) >= 11 is 6.67. The zero-order valence-electron chi connectivity index (χ0n) is 22.0. The molecular formula is C28H37ClF2N2O3. The lowest BCUT2D eigenvalue weighted by atomic mass is 9.58. The van der Waals surface area contributed by atoms with Crippen molar-refractivity contribution in [3.05, 3.63) is 46.1 Å². The Morgan fingerprint density at radius 2 is 1.81 bits per heavy atom. The van der Waals surface area contributed by atoms with Crippen molar-refractivity contribution in [1.82, 2.24) is 10.2 Å². The van der Waals surface area contributed by atoms with E-state index in [2.05, 4.69) is 26.1 Å². The Bertz CT molecular complexity index is 1110. The lowest BCUT2D eigenvalue weighted by Gasteiger charge is -2.58. The van der Waals surface area contributed by atoms with Crippen molar-refractivity contribution in [1.29, 1.82) is 0 Å². The molecule has 4 rings (SSSR count). The minimum absolute atomic E-state index is 0.161. The third-order valence-corrected chi connectivity index (χ3v) is 8.72. The molecule has 2 N–H and O–H groups in total. The van der Waals surface area contributed by atoms with Gasteiger partial charge in [0.1, 0.15) is 0 Å². The average molecular weight is 523 g/mol. The van der Waals surface area contributed by atoms with Crippen LogP contribution in [0.3, 0.4) is 0 Å². The molecular weight excluding hydrogens is 486 g/mol. The van der Waals surface area contributed by atoms with Crippen molar-refractivity contribution in [2.45, 2.75) is 97.1 Å². The third-order valence-electron chi connectivity index (χ3n) is 8.37. The van der Waals surface area contributed by atoms with Gasteiger partial charge in [-0.2, -0.15) is 0 Å². The number of alkyl halides is 2. The number of carbonyl (C=O) groups is 2. The number of nitrogens with one attached hydrogen (secondary N) is 1. The van der Waals surface area contributed by atoms with Gasteiger partial charge < -0.3 is 10.4 Å². The van der Waals surface area contributed by atoms with Gasteiger partial charge in [0.2, 0.25) is 5.92 Å². The second-order valence-corrected chi connectivity index (χ2v) is 13.5.